The quantitative estimate of drug-likeness (QED) is 0.211. The minimum atomic E-state index is -0.224. The molecule has 4 fully saturated rings. The van der Waals surface area contributed by atoms with Gasteiger partial charge in [0.15, 0.2) is 11.4 Å². The Morgan fingerprint density at radius 1 is 0.863 bits per heavy atom. The van der Waals surface area contributed by atoms with Crippen LogP contribution < -0.4 is 20.4 Å². The summed E-state index contributed by atoms with van der Waals surface area (Å²) in [6.45, 7) is 16.0. The van der Waals surface area contributed by atoms with Crippen LogP contribution >= 0.6 is 11.3 Å². The van der Waals surface area contributed by atoms with Crippen molar-refractivity contribution in [2.24, 2.45) is 5.92 Å². The van der Waals surface area contributed by atoms with E-state index in [1.165, 1.54) is 62.5 Å². The predicted octanol–water partition coefficient (Wildman–Crippen LogP) is 3.36. The molecule has 6 heterocycles. The number of aromatic nitrogens is 3. The Labute approximate surface area is 304 Å². The number of amides is 2. The number of hydrogen-bond donors (Lipinski definition) is 2. The van der Waals surface area contributed by atoms with Crippen molar-refractivity contribution < 1.29 is 14.4 Å². The van der Waals surface area contributed by atoms with Crippen molar-refractivity contribution in [1.29, 1.82) is 0 Å². The van der Waals surface area contributed by atoms with Crippen LogP contribution in [0.25, 0.3) is 0 Å². The lowest BCUT2D eigenvalue weighted by Crippen LogP contribution is -2.49. The lowest BCUT2D eigenvalue weighted by Gasteiger charge is -2.40. The van der Waals surface area contributed by atoms with Crippen LogP contribution in [0, 0.1) is 12.8 Å². The van der Waals surface area contributed by atoms with Crippen LogP contribution in [-0.4, -0.2) is 133 Å². The van der Waals surface area contributed by atoms with E-state index < -0.39 is 0 Å². The Bertz CT molecular complexity index is 1640. The normalized spacial score (nSPS) is 21.5. The molecule has 2 amide bonds. The predicted molar refractivity (Wildman–Crippen MR) is 200 cm³/mol. The summed E-state index contributed by atoms with van der Waals surface area (Å²) < 4.78 is 0. The summed E-state index contributed by atoms with van der Waals surface area (Å²) in [6.07, 6.45) is 7.16. The van der Waals surface area contributed by atoms with Crippen molar-refractivity contribution in [2.45, 2.75) is 44.9 Å². The molecule has 4 aliphatic heterocycles. The SMILES string of the molecule is Cc1nc(Nc2ncc(C=O)s2)cc(N2CCN(CCCN3CCC(CN4CCN(c5ccc(C6CCC(=O)NC6=O)cc5)CC4)CC3)CC2)n1. The van der Waals surface area contributed by atoms with E-state index >= 15 is 0 Å². The zero-order valence-corrected chi connectivity index (χ0v) is 30.5. The minimum Gasteiger partial charge on any atom is -0.369 e. The number of carbonyl (C=O) groups excluding carboxylic acids is 3. The molecule has 0 radical (unpaired) electrons. The monoisotopic (exact) mass is 714 g/mol. The van der Waals surface area contributed by atoms with Gasteiger partial charge < -0.3 is 20.0 Å². The molecule has 1 aromatic carbocycles. The Kier molecular flexibility index (Phi) is 11.5. The number of piperidine rings is 2. The molecule has 4 saturated heterocycles. The van der Waals surface area contributed by atoms with Gasteiger partial charge in [-0.3, -0.25) is 29.5 Å². The topological polar surface area (TPSA) is 130 Å². The molecule has 0 aliphatic carbocycles. The molecular formula is C37H50N10O3S. The van der Waals surface area contributed by atoms with E-state index in [4.69, 9.17) is 4.98 Å². The van der Waals surface area contributed by atoms with Gasteiger partial charge in [-0.25, -0.2) is 15.0 Å². The molecule has 51 heavy (non-hydrogen) atoms. The summed E-state index contributed by atoms with van der Waals surface area (Å²) in [5.41, 5.74) is 2.21. The van der Waals surface area contributed by atoms with E-state index in [1.54, 1.807) is 6.20 Å². The number of imide groups is 1. The van der Waals surface area contributed by atoms with E-state index in [0.717, 1.165) is 82.5 Å². The van der Waals surface area contributed by atoms with Crippen LogP contribution in [0.15, 0.2) is 36.5 Å². The molecule has 13 nitrogen and oxygen atoms in total. The number of nitrogens with zero attached hydrogens (tertiary/aromatic N) is 8. The van der Waals surface area contributed by atoms with Crippen LogP contribution in [0.5, 0.6) is 0 Å². The van der Waals surface area contributed by atoms with Gasteiger partial charge in [-0.05, 0) is 82.4 Å². The first kappa shape index (κ1) is 35.4. The first-order valence-corrected chi connectivity index (χ1v) is 19.3. The van der Waals surface area contributed by atoms with E-state index in [0.29, 0.717) is 34.5 Å². The lowest BCUT2D eigenvalue weighted by molar-refractivity contribution is -0.134. The summed E-state index contributed by atoms with van der Waals surface area (Å²) in [5.74, 6) is 2.56. The van der Waals surface area contributed by atoms with Gasteiger partial charge in [0.1, 0.15) is 17.5 Å². The van der Waals surface area contributed by atoms with Crippen LogP contribution in [0.1, 0.15) is 59.1 Å². The molecule has 14 heteroatoms. The molecule has 3 aromatic rings. The van der Waals surface area contributed by atoms with E-state index in [2.05, 4.69) is 69.4 Å². The highest BCUT2D eigenvalue weighted by Crippen LogP contribution is 2.28. The fraction of sp³-hybridized carbons (Fsp3) is 0.568. The third-order valence-corrected chi connectivity index (χ3v) is 11.7. The fourth-order valence-electron chi connectivity index (χ4n) is 7.88. The first-order valence-electron chi connectivity index (χ1n) is 18.5. The number of rotatable bonds is 12. The number of likely N-dealkylation sites (tertiary alicyclic amines) is 1. The lowest BCUT2D eigenvalue weighted by atomic mass is 9.90. The summed E-state index contributed by atoms with van der Waals surface area (Å²) in [6, 6.07) is 10.4. The summed E-state index contributed by atoms with van der Waals surface area (Å²) in [7, 11) is 0. The largest absolute Gasteiger partial charge is 0.369 e. The van der Waals surface area contributed by atoms with E-state index in [-0.39, 0.29) is 17.7 Å². The number of aldehydes is 1. The molecule has 272 valence electrons. The Morgan fingerprint density at radius 2 is 1.55 bits per heavy atom. The number of aryl methyl sites for hydroxylation is 1. The van der Waals surface area contributed by atoms with Crippen LogP contribution in [0.3, 0.4) is 0 Å². The van der Waals surface area contributed by atoms with Crippen molar-refractivity contribution in [1.82, 2.24) is 35.0 Å². The zero-order chi connectivity index (χ0) is 35.2. The van der Waals surface area contributed by atoms with Crippen molar-refractivity contribution >= 4 is 51.9 Å². The second-order valence-corrected chi connectivity index (χ2v) is 15.4. The summed E-state index contributed by atoms with van der Waals surface area (Å²) >= 11 is 1.31. The average molecular weight is 715 g/mol. The second-order valence-electron chi connectivity index (χ2n) is 14.3. The smallest absolute Gasteiger partial charge is 0.234 e. The van der Waals surface area contributed by atoms with Crippen molar-refractivity contribution in [3.05, 3.63) is 52.8 Å². The summed E-state index contributed by atoms with van der Waals surface area (Å²) in [5, 5.41) is 6.35. The van der Waals surface area contributed by atoms with Gasteiger partial charge in [0.25, 0.3) is 0 Å². The number of carbonyl (C=O) groups is 3. The maximum atomic E-state index is 12.3. The minimum absolute atomic E-state index is 0.167. The zero-order valence-electron chi connectivity index (χ0n) is 29.6. The van der Waals surface area contributed by atoms with Gasteiger partial charge in [-0.15, -0.1) is 0 Å². The molecule has 4 aliphatic rings. The Morgan fingerprint density at radius 3 is 2.24 bits per heavy atom. The van der Waals surface area contributed by atoms with E-state index in [1.807, 2.05) is 13.0 Å². The van der Waals surface area contributed by atoms with Crippen molar-refractivity contribution in [2.75, 3.05) is 100 Å². The van der Waals surface area contributed by atoms with Gasteiger partial charge in [-0.1, -0.05) is 23.5 Å². The highest BCUT2D eigenvalue weighted by molar-refractivity contribution is 7.17. The Hall–Kier alpha value is -3.98. The van der Waals surface area contributed by atoms with Crippen LogP contribution in [0.4, 0.5) is 22.5 Å². The van der Waals surface area contributed by atoms with Crippen molar-refractivity contribution in [3.63, 3.8) is 0 Å². The number of piperazine rings is 2. The van der Waals surface area contributed by atoms with Gasteiger partial charge in [-0.2, -0.15) is 0 Å². The highest BCUT2D eigenvalue weighted by atomic mass is 32.1. The number of nitrogens with one attached hydrogen (secondary N) is 2. The van der Waals surface area contributed by atoms with Gasteiger partial charge >= 0.3 is 0 Å². The molecule has 2 N–H and O–H groups in total. The molecule has 2 aromatic heterocycles. The molecule has 1 unspecified atom stereocenters. The fourth-order valence-corrected chi connectivity index (χ4v) is 8.52. The molecule has 0 spiro atoms. The van der Waals surface area contributed by atoms with Gasteiger partial charge in [0.2, 0.25) is 11.8 Å². The molecular weight excluding hydrogens is 665 g/mol. The third kappa shape index (κ3) is 9.28. The van der Waals surface area contributed by atoms with Gasteiger partial charge in [0, 0.05) is 77.1 Å². The molecule has 0 bridgehead atoms. The maximum absolute atomic E-state index is 12.3. The van der Waals surface area contributed by atoms with Crippen molar-refractivity contribution in [3.8, 4) is 0 Å². The van der Waals surface area contributed by atoms with E-state index in [9.17, 15) is 14.4 Å². The third-order valence-electron chi connectivity index (χ3n) is 10.8. The average Bonchev–Trinajstić information content (AvgIpc) is 3.60. The Balaban J connectivity index is 0.766. The highest BCUT2D eigenvalue weighted by Gasteiger charge is 2.29. The molecule has 0 saturated carbocycles. The number of anilines is 4. The number of hydrogen-bond acceptors (Lipinski definition) is 13. The molecule has 7 rings (SSSR count). The van der Waals surface area contributed by atoms with Gasteiger partial charge in [0.05, 0.1) is 17.0 Å². The summed E-state index contributed by atoms with van der Waals surface area (Å²) in [4.78, 5) is 61.5. The van der Waals surface area contributed by atoms with Crippen LogP contribution in [-0.2, 0) is 9.59 Å². The number of thiazole rings is 1. The maximum Gasteiger partial charge on any atom is 0.234 e. The molecule has 1 atom stereocenters. The standard InChI is InChI=1S/C37H50N10O3S/c1-27-39-33(41-37-38-24-31(26-48)51-37)23-34(40-27)47-21-15-44(16-22-47)12-2-11-43-13-9-28(10-14-43)25-45-17-19-46(20-18-45)30-5-3-29(4-6-30)32-7-8-35(49)42-36(32)50/h3-6,23-24,26,28,32H,2,7-22,25H2,1H3,(H,42,49,50)(H,38,39,40,41). The number of benzene rings is 1. The van der Waals surface area contributed by atoms with Crippen LogP contribution in [0.2, 0.25) is 0 Å². The second kappa shape index (κ2) is 16.6. The first-order chi connectivity index (χ1) is 24.9.